The molecule has 1 N–H and O–H groups in total. The number of rotatable bonds is 2. The predicted molar refractivity (Wildman–Crippen MR) is 78.3 cm³/mol. The highest BCUT2D eigenvalue weighted by Gasteiger charge is 2.35. The summed E-state index contributed by atoms with van der Waals surface area (Å²) in [5, 5.41) is 3.36. The van der Waals surface area contributed by atoms with E-state index >= 15 is 0 Å². The van der Waals surface area contributed by atoms with Gasteiger partial charge in [0.2, 0.25) is 0 Å². The Bertz CT molecular complexity index is 468. The molecule has 0 spiro atoms. The lowest BCUT2D eigenvalue weighted by Crippen LogP contribution is -2.63. The molecule has 0 saturated carbocycles. The van der Waals surface area contributed by atoms with E-state index < -0.39 is 0 Å². The molecule has 0 radical (unpaired) electrons. The monoisotopic (exact) mass is 323 g/mol. The number of amides is 1. The first-order valence-corrected chi connectivity index (χ1v) is 7.53. The molecular formula is C14H18BrN3O. The number of piperazine rings is 1. The van der Waals surface area contributed by atoms with E-state index in [1.54, 1.807) is 0 Å². The zero-order valence-electron chi connectivity index (χ0n) is 10.8. The smallest absolute Gasteiger partial charge is 0.254 e. The van der Waals surface area contributed by atoms with Crippen LogP contribution in [0.25, 0.3) is 0 Å². The van der Waals surface area contributed by atoms with Gasteiger partial charge in [-0.1, -0.05) is 22.0 Å². The molecule has 5 heteroatoms. The van der Waals surface area contributed by atoms with Crippen molar-refractivity contribution < 1.29 is 4.79 Å². The Kier molecular flexibility index (Phi) is 3.86. The third kappa shape index (κ3) is 2.83. The average molecular weight is 324 g/mol. The van der Waals surface area contributed by atoms with Crippen molar-refractivity contribution in [1.82, 2.24) is 15.1 Å². The van der Waals surface area contributed by atoms with E-state index in [1.165, 1.54) is 0 Å². The lowest BCUT2D eigenvalue weighted by molar-refractivity contribution is 0.0227. The molecule has 4 nitrogen and oxygen atoms in total. The summed E-state index contributed by atoms with van der Waals surface area (Å²) in [6, 6.07) is 8.17. The Morgan fingerprint density at radius 1 is 1.26 bits per heavy atom. The van der Waals surface area contributed by atoms with Crippen LogP contribution in [0.15, 0.2) is 28.7 Å². The van der Waals surface area contributed by atoms with E-state index in [1.807, 2.05) is 29.2 Å². The molecule has 2 fully saturated rings. The molecule has 1 aromatic carbocycles. The second-order valence-electron chi connectivity index (χ2n) is 5.16. The normalized spacial score (nSPS) is 21.2. The van der Waals surface area contributed by atoms with Crippen LogP contribution in [0, 0.1) is 0 Å². The van der Waals surface area contributed by atoms with E-state index in [2.05, 4.69) is 26.1 Å². The fourth-order valence-corrected chi connectivity index (χ4v) is 3.10. The maximum absolute atomic E-state index is 12.3. The van der Waals surface area contributed by atoms with Gasteiger partial charge in [-0.3, -0.25) is 9.69 Å². The maximum atomic E-state index is 12.3. The number of benzene rings is 1. The van der Waals surface area contributed by atoms with Crippen molar-refractivity contribution >= 4 is 21.8 Å². The van der Waals surface area contributed by atoms with Gasteiger partial charge in [0.25, 0.3) is 5.91 Å². The minimum Gasteiger partial charge on any atom is -0.335 e. The molecule has 1 aromatic rings. The highest BCUT2D eigenvalue weighted by molar-refractivity contribution is 9.10. The zero-order chi connectivity index (χ0) is 13.2. The first-order valence-electron chi connectivity index (χ1n) is 6.73. The molecule has 1 amide bonds. The number of nitrogens with one attached hydrogen (secondary N) is 1. The lowest BCUT2D eigenvalue weighted by Gasteiger charge is -2.46. The molecule has 2 aliphatic heterocycles. The van der Waals surface area contributed by atoms with Crippen LogP contribution in [-0.4, -0.2) is 61.0 Å². The van der Waals surface area contributed by atoms with Crippen molar-refractivity contribution in [3.8, 4) is 0 Å². The average Bonchev–Trinajstić information content (AvgIpc) is 2.38. The van der Waals surface area contributed by atoms with E-state index in [4.69, 9.17) is 0 Å². The molecule has 0 aromatic heterocycles. The number of hydrogen-bond acceptors (Lipinski definition) is 3. The second-order valence-corrected chi connectivity index (χ2v) is 6.08. The molecule has 0 bridgehead atoms. The maximum Gasteiger partial charge on any atom is 0.254 e. The summed E-state index contributed by atoms with van der Waals surface area (Å²) in [5.41, 5.74) is 0.771. The number of halogens is 1. The summed E-state index contributed by atoms with van der Waals surface area (Å²) in [4.78, 5) is 16.7. The Hall–Kier alpha value is -0.910. The van der Waals surface area contributed by atoms with Gasteiger partial charge in [0.1, 0.15) is 0 Å². The molecule has 102 valence electrons. The van der Waals surface area contributed by atoms with Crippen molar-refractivity contribution in [1.29, 1.82) is 0 Å². The van der Waals surface area contributed by atoms with Crippen molar-refractivity contribution in [2.24, 2.45) is 0 Å². The quantitative estimate of drug-likeness (QED) is 0.887. The van der Waals surface area contributed by atoms with Crippen LogP contribution >= 0.6 is 15.9 Å². The summed E-state index contributed by atoms with van der Waals surface area (Å²) in [6.07, 6.45) is 0. The molecule has 3 rings (SSSR count). The Morgan fingerprint density at radius 2 is 2.00 bits per heavy atom. The van der Waals surface area contributed by atoms with Gasteiger partial charge in [0.05, 0.1) is 0 Å². The van der Waals surface area contributed by atoms with Crippen LogP contribution in [0.2, 0.25) is 0 Å². The van der Waals surface area contributed by atoms with Crippen molar-refractivity contribution in [2.45, 2.75) is 6.04 Å². The van der Waals surface area contributed by atoms with Crippen LogP contribution in [0.4, 0.5) is 0 Å². The van der Waals surface area contributed by atoms with E-state index in [9.17, 15) is 4.79 Å². The molecule has 2 saturated heterocycles. The molecule has 0 atom stereocenters. The van der Waals surface area contributed by atoms with Gasteiger partial charge in [-0.2, -0.15) is 0 Å². The number of carbonyl (C=O) groups excluding carboxylic acids is 1. The standard InChI is InChI=1S/C14H18BrN3O/c15-12-3-1-2-11(8-12)14(19)18-9-13(10-18)17-6-4-16-5-7-17/h1-3,8,13,16H,4-7,9-10H2. The van der Waals surface area contributed by atoms with Gasteiger partial charge < -0.3 is 10.2 Å². The third-order valence-electron chi connectivity index (χ3n) is 3.89. The number of hydrogen-bond donors (Lipinski definition) is 1. The molecular weight excluding hydrogens is 306 g/mol. The number of nitrogens with zero attached hydrogens (tertiary/aromatic N) is 2. The van der Waals surface area contributed by atoms with E-state index in [0.717, 1.165) is 49.3 Å². The fourth-order valence-electron chi connectivity index (χ4n) is 2.70. The van der Waals surface area contributed by atoms with Crippen LogP contribution < -0.4 is 5.32 Å². The van der Waals surface area contributed by atoms with Crippen molar-refractivity contribution in [3.05, 3.63) is 34.3 Å². The van der Waals surface area contributed by atoms with Crippen LogP contribution in [0.5, 0.6) is 0 Å². The molecule has 0 unspecified atom stereocenters. The molecule has 0 aliphatic carbocycles. The van der Waals surface area contributed by atoms with Crippen molar-refractivity contribution in [2.75, 3.05) is 39.3 Å². The Labute approximate surface area is 121 Å². The van der Waals surface area contributed by atoms with Crippen LogP contribution in [0.3, 0.4) is 0 Å². The summed E-state index contributed by atoms with van der Waals surface area (Å²) in [7, 11) is 0. The Morgan fingerprint density at radius 3 is 2.68 bits per heavy atom. The van der Waals surface area contributed by atoms with Crippen molar-refractivity contribution in [3.63, 3.8) is 0 Å². The van der Waals surface area contributed by atoms with E-state index in [-0.39, 0.29) is 5.91 Å². The molecule has 2 heterocycles. The topological polar surface area (TPSA) is 35.6 Å². The van der Waals surface area contributed by atoms with Crippen LogP contribution in [0.1, 0.15) is 10.4 Å². The SMILES string of the molecule is O=C(c1cccc(Br)c1)N1CC(N2CCNCC2)C1. The highest BCUT2D eigenvalue weighted by Crippen LogP contribution is 2.20. The summed E-state index contributed by atoms with van der Waals surface area (Å²) in [5.74, 6) is 0.146. The van der Waals surface area contributed by atoms with Gasteiger partial charge in [0, 0.05) is 55.3 Å². The molecule has 2 aliphatic rings. The van der Waals surface area contributed by atoms with Gasteiger partial charge in [0.15, 0.2) is 0 Å². The zero-order valence-corrected chi connectivity index (χ0v) is 12.4. The summed E-state index contributed by atoms with van der Waals surface area (Å²) in [6.45, 7) is 6.07. The lowest BCUT2D eigenvalue weighted by atomic mass is 10.0. The third-order valence-corrected chi connectivity index (χ3v) is 4.38. The van der Waals surface area contributed by atoms with E-state index in [0.29, 0.717) is 6.04 Å². The Balaban J connectivity index is 1.56. The largest absolute Gasteiger partial charge is 0.335 e. The summed E-state index contributed by atoms with van der Waals surface area (Å²) < 4.78 is 0.956. The predicted octanol–water partition coefficient (Wildman–Crippen LogP) is 1.18. The van der Waals surface area contributed by atoms with Gasteiger partial charge in [-0.25, -0.2) is 0 Å². The number of carbonyl (C=O) groups is 1. The first-order chi connectivity index (χ1) is 9.24. The van der Waals surface area contributed by atoms with Crippen LogP contribution in [-0.2, 0) is 0 Å². The first kappa shape index (κ1) is 13.1. The minimum atomic E-state index is 0.146. The van der Waals surface area contributed by atoms with Gasteiger partial charge in [-0.15, -0.1) is 0 Å². The minimum absolute atomic E-state index is 0.146. The van der Waals surface area contributed by atoms with Gasteiger partial charge >= 0.3 is 0 Å². The highest BCUT2D eigenvalue weighted by atomic mass is 79.9. The second kappa shape index (κ2) is 5.61. The van der Waals surface area contributed by atoms with Gasteiger partial charge in [-0.05, 0) is 18.2 Å². The number of likely N-dealkylation sites (tertiary alicyclic amines) is 1. The molecule has 19 heavy (non-hydrogen) atoms. The fraction of sp³-hybridized carbons (Fsp3) is 0.500. The summed E-state index contributed by atoms with van der Waals surface area (Å²) >= 11 is 3.41.